The van der Waals surface area contributed by atoms with Gasteiger partial charge in [-0.1, -0.05) is 13.0 Å². The first-order valence-electron chi connectivity index (χ1n) is 9.22. The number of primary amides is 1. The summed E-state index contributed by atoms with van der Waals surface area (Å²) in [6.07, 6.45) is 3.90. The van der Waals surface area contributed by atoms with Crippen molar-refractivity contribution in [1.29, 1.82) is 0 Å². The molecular formula is C21H18F2N6O. The summed E-state index contributed by atoms with van der Waals surface area (Å²) in [7, 11) is 0. The van der Waals surface area contributed by atoms with Gasteiger partial charge in [0.15, 0.2) is 17.3 Å². The van der Waals surface area contributed by atoms with Crippen LogP contribution in [0.5, 0.6) is 0 Å². The van der Waals surface area contributed by atoms with Crippen LogP contribution in [0, 0.1) is 11.6 Å². The Balaban J connectivity index is 1.66. The number of amides is 1. The minimum atomic E-state index is -0.825. The smallest absolute Gasteiger partial charge is 0.271 e. The van der Waals surface area contributed by atoms with Gasteiger partial charge in [0.1, 0.15) is 5.69 Å². The third kappa shape index (κ3) is 3.52. The zero-order chi connectivity index (χ0) is 21.3. The van der Waals surface area contributed by atoms with Gasteiger partial charge in [0.05, 0.1) is 17.6 Å². The van der Waals surface area contributed by atoms with Gasteiger partial charge >= 0.3 is 0 Å². The highest BCUT2D eigenvalue weighted by atomic mass is 19.1. The van der Waals surface area contributed by atoms with Crippen LogP contribution in [0.3, 0.4) is 0 Å². The molecule has 0 aliphatic heterocycles. The third-order valence-corrected chi connectivity index (χ3v) is 4.59. The number of carbonyl (C=O) groups excluding carboxylic acids is 1. The molecule has 4 aromatic rings. The summed E-state index contributed by atoms with van der Waals surface area (Å²) in [5.74, 6) is -2.44. The number of para-hydroxylation sites is 1. The summed E-state index contributed by atoms with van der Waals surface area (Å²) in [6.45, 7) is 2.05. The molecule has 0 aliphatic carbocycles. The van der Waals surface area contributed by atoms with Crippen molar-refractivity contribution in [2.24, 2.45) is 5.73 Å². The largest absolute Gasteiger partial charge is 0.364 e. The number of hydrogen-bond donors (Lipinski definition) is 2. The van der Waals surface area contributed by atoms with E-state index in [1.54, 1.807) is 18.3 Å². The molecule has 0 atom stereocenters. The lowest BCUT2D eigenvalue weighted by Crippen LogP contribution is -2.14. The molecule has 2 heterocycles. The van der Waals surface area contributed by atoms with Crippen molar-refractivity contribution in [3.8, 4) is 11.4 Å². The SMILES string of the molecule is CCc1ccnn1-c1ccc(Nc2cn(-c3c(F)cccc3F)nc2C(N)=O)cc1. The lowest BCUT2D eigenvalue weighted by Gasteiger charge is -2.09. The molecule has 30 heavy (non-hydrogen) atoms. The Bertz CT molecular complexity index is 1190. The summed E-state index contributed by atoms with van der Waals surface area (Å²) < 4.78 is 31.0. The highest BCUT2D eigenvalue weighted by Gasteiger charge is 2.19. The van der Waals surface area contributed by atoms with E-state index < -0.39 is 23.2 Å². The van der Waals surface area contributed by atoms with Crippen LogP contribution in [0.2, 0.25) is 0 Å². The van der Waals surface area contributed by atoms with Crippen molar-refractivity contribution in [3.05, 3.63) is 83.9 Å². The first-order chi connectivity index (χ1) is 14.5. The second-order valence-corrected chi connectivity index (χ2v) is 6.53. The molecule has 7 nitrogen and oxygen atoms in total. The maximum absolute atomic E-state index is 14.1. The van der Waals surface area contributed by atoms with Gasteiger partial charge in [-0.05, 0) is 48.9 Å². The van der Waals surface area contributed by atoms with Crippen molar-refractivity contribution in [3.63, 3.8) is 0 Å². The van der Waals surface area contributed by atoms with Gasteiger partial charge in [0.25, 0.3) is 5.91 Å². The number of rotatable bonds is 6. The predicted molar refractivity (Wildman–Crippen MR) is 108 cm³/mol. The standard InChI is InChI=1S/C21H18F2N6O/c1-2-14-10-11-25-29(14)15-8-6-13(7-9-15)26-18-12-28(27-19(18)21(24)30)20-16(22)4-3-5-17(20)23/h3-12,26H,2H2,1H3,(H2,24,30). The Morgan fingerprint density at radius 3 is 2.43 bits per heavy atom. The van der Waals surface area contributed by atoms with Crippen LogP contribution in [-0.2, 0) is 6.42 Å². The molecule has 0 saturated carbocycles. The Kier molecular flexibility index (Phi) is 5.01. The molecule has 0 bridgehead atoms. The average molecular weight is 408 g/mol. The molecular weight excluding hydrogens is 390 g/mol. The maximum Gasteiger partial charge on any atom is 0.271 e. The van der Waals surface area contributed by atoms with E-state index in [4.69, 9.17) is 5.73 Å². The minimum Gasteiger partial charge on any atom is -0.364 e. The normalized spacial score (nSPS) is 10.9. The van der Waals surface area contributed by atoms with Crippen molar-refractivity contribution in [1.82, 2.24) is 19.6 Å². The van der Waals surface area contributed by atoms with Gasteiger partial charge < -0.3 is 11.1 Å². The molecule has 0 radical (unpaired) electrons. The molecule has 152 valence electrons. The number of carbonyl (C=O) groups is 1. The molecule has 0 spiro atoms. The Morgan fingerprint density at radius 2 is 1.80 bits per heavy atom. The molecule has 2 aromatic heterocycles. The number of hydrogen-bond acceptors (Lipinski definition) is 4. The van der Waals surface area contributed by atoms with Crippen molar-refractivity contribution < 1.29 is 13.6 Å². The summed E-state index contributed by atoms with van der Waals surface area (Å²) in [4.78, 5) is 11.8. The number of aryl methyl sites for hydroxylation is 1. The van der Waals surface area contributed by atoms with E-state index in [1.807, 2.05) is 29.8 Å². The highest BCUT2D eigenvalue weighted by Crippen LogP contribution is 2.25. The lowest BCUT2D eigenvalue weighted by molar-refractivity contribution is 0.0996. The van der Waals surface area contributed by atoms with Gasteiger partial charge in [-0.15, -0.1) is 0 Å². The molecule has 2 aromatic carbocycles. The molecule has 9 heteroatoms. The fraction of sp³-hybridized carbons (Fsp3) is 0.0952. The summed E-state index contributed by atoms with van der Waals surface area (Å²) in [6, 6.07) is 12.7. The van der Waals surface area contributed by atoms with E-state index in [2.05, 4.69) is 15.5 Å². The molecule has 0 saturated heterocycles. The fourth-order valence-corrected chi connectivity index (χ4v) is 3.14. The Labute approximate surface area is 170 Å². The molecule has 0 unspecified atom stereocenters. The number of nitrogens with two attached hydrogens (primary N) is 1. The Morgan fingerprint density at radius 1 is 1.10 bits per heavy atom. The van der Waals surface area contributed by atoms with Crippen LogP contribution in [0.4, 0.5) is 20.2 Å². The predicted octanol–water partition coefficient (Wildman–Crippen LogP) is 3.74. The van der Waals surface area contributed by atoms with Gasteiger partial charge in [-0.25, -0.2) is 18.1 Å². The van der Waals surface area contributed by atoms with E-state index in [0.717, 1.165) is 34.6 Å². The molecule has 4 rings (SSSR count). The van der Waals surface area contributed by atoms with Crippen LogP contribution in [0.25, 0.3) is 11.4 Å². The number of nitrogens with zero attached hydrogens (tertiary/aromatic N) is 4. The zero-order valence-electron chi connectivity index (χ0n) is 16.0. The van der Waals surface area contributed by atoms with Gasteiger partial charge in [0.2, 0.25) is 0 Å². The van der Waals surface area contributed by atoms with Crippen LogP contribution < -0.4 is 11.1 Å². The number of benzene rings is 2. The van der Waals surface area contributed by atoms with Crippen molar-refractivity contribution in [2.75, 3.05) is 5.32 Å². The lowest BCUT2D eigenvalue weighted by atomic mass is 10.2. The van der Waals surface area contributed by atoms with Crippen LogP contribution in [0.1, 0.15) is 23.1 Å². The fourth-order valence-electron chi connectivity index (χ4n) is 3.14. The Hall–Kier alpha value is -4.01. The first kappa shape index (κ1) is 19.3. The zero-order valence-corrected chi connectivity index (χ0v) is 16.0. The highest BCUT2D eigenvalue weighted by molar-refractivity contribution is 5.97. The van der Waals surface area contributed by atoms with E-state index in [9.17, 15) is 13.6 Å². The van der Waals surface area contributed by atoms with Crippen molar-refractivity contribution in [2.45, 2.75) is 13.3 Å². The molecule has 1 amide bonds. The average Bonchev–Trinajstić information content (AvgIpc) is 3.36. The van der Waals surface area contributed by atoms with E-state index in [-0.39, 0.29) is 11.4 Å². The number of aromatic nitrogens is 4. The van der Waals surface area contributed by atoms with Crippen LogP contribution in [0.15, 0.2) is 60.9 Å². The number of halogens is 2. The topological polar surface area (TPSA) is 90.8 Å². The summed E-state index contributed by atoms with van der Waals surface area (Å²) in [5, 5.41) is 11.3. The monoisotopic (exact) mass is 408 g/mol. The third-order valence-electron chi connectivity index (χ3n) is 4.59. The second kappa shape index (κ2) is 7.78. The van der Waals surface area contributed by atoms with Crippen LogP contribution >= 0.6 is 0 Å². The van der Waals surface area contributed by atoms with Gasteiger partial charge in [0, 0.05) is 17.6 Å². The molecule has 3 N–H and O–H groups in total. The van der Waals surface area contributed by atoms with E-state index in [0.29, 0.717) is 5.69 Å². The van der Waals surface area contributed by atoms with E-state index >= 15 is 0 Å². The molecule has 0 fully saturated rings. The quantitative estimate of drug-likeness (QED) is 0.509. The summed E-state index contributed by atoms with van der Waals surface area (Å²) in [5.41, 5.74) is 7.68. The maximum atomic E-state index is 14.1. The van der Waals surface area contributed by atoms with Crippen molar-refractivity contribution >= 4 is 17.3 Å². The molecule has 0 aliphatic rings. The summed E-state index contributed by atoms with van der Waals surface area (Å²) >= 11 is 0. The van der Waals surface area contributed by atoms with Gasteiger partial charge in [-0.3, -0.25) is 4.79 Å². The second-order valence-electron chi connectivity index (χ2n) is 6.53. The number of anilines is 2. The number of nitrogens with one attached hydrogen (secondary N) is 1. The van der Waals surface area contributed by atoms with Crippen LogP contribution in [-0.4, -0.2) is 25.5 Å². The minimum absolute atomic E-state index is 0.137. The first-order valence-corrected chi connectivity index (χ1v) is 9.22. The van der Waals surface area contributed by atoms with Gasteiger partial charge in [-0.2, -0.15) is 10.2 Å². The van der Waals surface area contributed by atoms with E-state index in [1.165, 1.54) is 12.3 Å².